The number of ether oxygens (including phenoxy) is 3. The van der Waals surface area contributed by atoms with Gasteiger partial charge in [0.15, 0.2) is 17.5 Å². The molecule has 298 valence electrons. The minimum absolute atomic E-state index is 0.0266. The second-order valence-electron chi connectivity index (χ2n) is 16.8. The van der Waals surface area contributed by atoms with E-state index in [-0.39, 0.29) is 42.3 Å². The smallest absolute Gasteiger partial charge is 0.188 e. The molecule has 2 aliphatic heterocycles. The Kier molecular flexibility index (Phi) is 12.0. The van der Waals surface area contributed by atoms with Crippen molar-refractivity contribution < 1.29 is 34.6 Å². The number of unbranched alkanes of at least 4 members (excludes halogenated alkanes) is 2. The summed E-state index contributed by atoms with van der Waals surface area (Å²) in [6.07, 6.45) is 8.87. The van der Waals surface area contributed by atoms with Gasteiger partial charge in [-0.2, -0.15) is 0 Å². The van der Waals surface area contributed by atoms with Crippen molar-refractivity contribution in [1.29, 1.82) is 0 Å². The van der Waals surface area contributed by atoms with E-state index in [1.165, 1.54) is 5.56 Å². The Morgan fingerprint density at radius 1 is 1.02 bits per heavy atom. The standard InChI is InChI=1S/C45H61N3O7/c1-5-6-7-9-26-17-29-19-36(51)30(16-25(2)3)18-33(29)43-41(53-4)23-39-34(42(26)43)22-37(52)44(55-39)27-12-13-35(50)40(20-27)54-38-11-8-10-28(24-49)32(38)21-31-14-15-47-45(46)48-31/h12-13,18-20,23,25-26,28,31-32,37-38,44,49-52H,5-11,14-17,21-22,24H2,1-4H3,(H3,46,47,48). The molecule has 0 amide bonds. The Bertz CT molecular complexity index is 1860. The van der Waals surface area contributed by atoms with Crippen molar-refractivity contribution in [3.05, 3.63) is 64.2 Å². The minimum Gasteiger partial charge on any atom is -0.508 e. The van der Waals surface area contributed by atoms with Crippen LogP contribution in [0.3, 0.4) is 0 Å². The molecule has 1 saturated carbocycles. The first-order chi connectivity index (χ1) is 26.6. The molecule has 7 rings (SSSR count). The SMILES string of the molecule is CCCCCC1Cc2cc(O)c(CC(C)C)cc2-c2c(OC)cc3c(c21)CC(O)C(c1ccc(O)c(OC2CCCC(CO)C2CC2CCN=C(N)N2)c1)O3. The van der Waals surface area contributed by atoms with Crippen LogP contribution >= 0.6 is 0 Å². The summed E-state index contributed by atoms with van der Waals surface area (Å²) in [6.45, 7) is 7.29. The first-order valence-corrected chi connectivity index (χ1v) is 20.7. The van der Waals surface area contributed by atoms with Crippen LogP contribution in [0, 0.1) is 17.8 Å². The molecule has 7 N–H and O–H groups in total. The van der Waals surface area contributed by atoms with Crippen LogP contribution in [0.4, 0.5) is 0 Å². The van der Waals surface area contributed by atoms with E-state index in [4.69, 9.17) is 19.9 Å². The molecule has 3 aromatic carbocycles. The number of aromatic hydroxyl groups is 2. The fraction of sp³-hybridized carbons (Fsp3) is 0.578. The second kappa shape index (κ2) is 16.9. The van der Waals surface area contributed by atoms with E-state index in [1.54, 1.807) is 25.3 Å². The first kappa shape index (κ1) is 39.1. The van der Waals surface area contributed by atoms with Crippen LogP contribution in [-0.4, -0.2) is 64.9 Å². The molecular weight excluding hydrogens is 695 g/mol. The molecule has 2 aliphatic carbocycles. The quantitative estimate of drug-likeness (QED) is 0.0975. The molecule has 0 bridgehead atoms. The fourth-order valence-corrected chi connectivity index (χ4v) is 9.83. The van der Waals surface area contributed by atoms with E-state index < -0.39 is 12.2 Å². The predicted octanol–water partition coefficient (Wildman–Crippen LogP) is 7.45. The average Bonchev–Trinajstić information content (AvgIpc) is 3.16. The number of hydrogen-bond acceptors (Lipinski definition) is 10. The molecule has 3 aromatic rings. The van der Waals surface area contributed by atoms with Crippen molar-refractivity contribution in [2.24, 2.45) is 28.5 Å². The zero-order valence-corrected chi connectivity index (χ0v) is 33.0. The molecule has 55 heavy (non-hydrogen) atoms. The normalized spacial score (nSPS) is 25.9. The summed E-state index contributed by atoms with van der Waals surface area (Å²) < 4.78 is 19.6. The molecule has 7 atom stereocenters. The molecule has 0 saturated heterocycles. The number of rotatable bonds is 13. The van der Waals surface area contributed by atoms with Gasteiger partial charge in [0.25, 0.3) is 0 Å². The van der Waals surface area contributed by atoms with Crippen LogP contribution in [0.2, 0.25) is 0 Å². The maximum Gasteiger partial charge on any atom is 0.188 e. The summed E-state index contributed by atoms with van der Waals surface area (Å²) in [5.41, 5.74) is 13.1. The number of guanidine groups is 1. The van der Waals surface area contributed by atoms with Gasteiger partial charge >= 0.3 is 0 Å². The number of fused-ring (bicyclic) bond motifs is 5. The van der Waals surface area contributed by atoms with Crippen LogP contribution in [-0.2, 0) is 19.3 Å². The van der Waals surface area contributed by atoms with E-state index >= 15 is 0 Å². The summed E-state index contributed by atoms with van der Waals surface area (Å²) in [4.78, 5) is 4.28. The number of benzene rings is 3. The van der Waals surface area contributed by atoms with Gasteiger partial charge in [0.05, 0.1) is 13.2 Å². The van der Waals surface area contributed by atoms with Crippen molar-refractivity contribution in [3.63, 3.8) is 0 Å². The Morgan fingerprint density at radius 3 is 2.60 bits per heavy atom. The number of aliphatic hydroxyl groups is 2. The lowest BCUT2D eigenvalue weighted by Gasteiger charge is -2.40. The highest BCUT2D eigenvalue weighted by Crippen LogP contribution is 2.54. The topological polar surface area (TPSA) is 159 Å². The van der Waals surface area contributed by atoms with Gasteiger partial charge in [-0.05, 0) is 121 Å². The van der Waals surface area contributed by atoms with Gasteiger partial charge in [0.2, 0.25) is 0 Å². The lowest BCUT2D eigenvalue weighted by molar-refractivity contribution is 0.0135. The molecule has 4 aliphatic rings. The third-order valence-electron chi connectivity index (χ3n) is 12.5. The number of methoxy groups -OCH3 is 1. The largest absolute Gasteiger partial charge is 0.508 e. The number of aliphatic hydroxyl groups excluding tert-OH is 2. The van der Waals surface area contributed by atoms with Crippen molar-refractivity contribution >= 4 is 5.96 Å². The molecule has 0 radical (unpaired) electrons. The Labute approximate surface area is 326 Å². The average molecular weight is 756 g/mol. The van der Waals surface area contributed by atoms with Gasteiger partial charge in [-0.3, -0.25) is 4.99 Å². The number of phenols is 2. The van der Waals surface area contributed by atoms with Crippen LogP contribution in [0.15, 0.2) is 41.4 Å². The van der Waals surface area contributed by atoms with Crippen LogP contribution in [0.5, 0.6) is 28.7 Å². The number of nitrogens with two attached hydrogens (primary N) is 1. The van der Waals surface area contributed by atoms with Crippen LogP contribution in [0.25, 0.3) is 11.1 Å². The molecule has 10 heteroatoms. The zero-order valence-electron chi connectivity index (χ0n) is 33.0. The summed E-state index contributed by atoms with van der Waals surface area (Å²) in [6, 6.07) is 11.4. The van der Waals surface area contributed by atoms with Gasteiger partial charge in [0.1, 0.15) is 29.5 Å². The van der Waals surface area contributed by atoms with E-state index in [9.17, 15) is 20.4 Å². The molecule has 7 unspecified atom stereocenters. The van der Waals surface area contributed by atoms with Gasteiger partial charge in [-0.25, -0.2) is 0 Å². The monoisotopic (exact) mass is 755 g/mol. The minimum atomic E-state index is -0.845. The fourth-order valence-electron chi connectivity index (χ4n) is 9.83. The Hall–Kier alpha value is -4.15. The molecule has 2 heterocycles. The summed E-state index contributed by atoms with van der Waals surface area (Å²) >= 11 is 0. The molecule has 0 aromatic heterocycles. The molecule has 1 fully saturated rings. The van der Waals surface area contributed by atoms with Crippen molar-refractivity contribution in [3.8, 4) is 39.9 Å². The zero-order chi connectivity index (χ0) is 38.8. The lowest BCUT2D eigenvalue weighted by Crippen LogP contribution is -2.48. The van der Waals surface area contributed by atoms with Gasteiger partial charge in [-0.1, -0.05) is 46.1 Å². The number of phenolic OH excluding ortho intramolecular Hbond substituents is 2. The maximum absolute atomic E-state index is 11.9. The van der Waals surface area contributed by atoms with E-state index in [0.29, 0.717) is 47.7 Å². The van der Waals surface area contributed by atoms with E-state index in [2.05, 4.69) is 37.1 Å². The highest BCUT2D eigenvalue weighted by atomic mass is 16.5. The first-order valence-electron chi connectivity index (χ1n) is 20.7. The predicted molar refractivity (Wildman–Crippen MR) is 215 cm³/mol. The van der Waals surface area contributed by atoms with Crippen LogP contribution in [0.1, 0.15) is 118 Å². The number of nitrogens with one attached hydrogen (secondary N) is 1. The maximum atomic E-state index is 11.9. The summed E-state index contributed by atoms with van der Waals surface area (Å²) in [7, 11) is 1.70. The van der Waals surface area contributed by atoms with Crippen molar-refractivity contribution in [2.45, 2.75) is 128 Å². The van der Waals surface area contributed by atoms with Gasteiger partial charge in [0, 0.05) is 48.7 Å². The van der Waals surface area contributed by atoms with E-state index in [1.807, 2.05) is 12.1 Å². The van der Waals surface area contributed by atoms with E-state index in [0.717, 1.165) is 104 Å². The molecule has 0 spiro atoms. The molecule has 10 nitrogen and oxygen atoms in total. The summed E-state index contributed by atoms with van der Waals surface area (Å²) in [5.74, 6) is 3.33. The number of hydrogen-bond donors (Lipinski definition) is 6. The third-order valence-corrected chi connectivity index (χ3v) is 12.5. The highest BCUT2D eigenvalue weighted by molar-refractivity contribution is 5.83. The second-order valence-corrected chi connectivity index (χ2v) is 16.8. The van der Waals surface area contributed by atoms with Gasteiger partial charge < -0.3 is 45.7 Å². The Balaban J connectivity index is 1.21. The lowest BCUT2D eigenvalue weighted by atomic mass is 9.72. The highest BCUT2D eigenvalue weighted by Gasteiger charge is 2.40. The number of nitrogens with zero attached hydrogens (tertiary/aromatic N) is 1. The van der Waals surface area contributed by atoms with Crippen molar-refractivity contribution in [1.82, 2.24) is 5.32 Å². The van der Waals surface area contributed by atoms with Crippen LogP contribution < -0.4 is 25.3 Å². The third kappa shape index (κ3) is 8.22. The Morgan fingerprint density at radius 2 is 1.85 bits per heavy atom. The summed E-state index contributed by atoms with van der Waals surface area (Å²) in [5, 5.41) is 47.7. The molecular formula is C45H61N3O7. The van der Waals surface area contributed by atoms with Crippen molar-refractivity contribution in [2.75, 3.05) is 20.3 Å². The number of aliphatic imine (C=N–C) groups is 1. The van der Waals surface area contributed by atoms with Gasteiger partial charge in [-0.15, -0.1) is 0 Å².